The van der Waals surface area contributed by atoms with E-state index in [1.54, 1.807) is 18.3 Å². The molecule has 1 aromatic heterocycles. The molecule has 0 bridgehead atoms. The first kappa shape index (κ1) is 12.8. The zero-order chi connectivity index (χ0) is 13.0. The van der Waals surface area contributed by atoms with Crippen LogP contribution in [0.5, 0.6) is 0 Å². The van der Waals surface area contributed by atoms with Gasteiger partial charge < -0.3 is 5.32 Å². The Bertz CT molecular complexity index is 569. The molecule has 3 nitrogen and oxygen atoms in total. The van der Waals surface area contributed by atoms with Crippen LogP contribution in [0.15, 0.2) is 47.2 Å². The van der Waals surface area contributed by atoms with Crippen LogP contribution in [0.3, 0.4) is 0 Å². The highest BCUT2D eigenvalue weighted by molar-refractivity contribution is 9.10. The zero-order valence-corrected chi connectivity index (χ0v) is 11.6. The molecule has 1 N–H and O–H groups in total. The van der Waals surface area contributed by atoms with Crippen molar-refractivity contribution in [2.75, 3.05) is 0 Å². The summed E-state index contributed by atoms with van der Waals surface area (Å²) in [4.78, 5) is 16.0. The highest BCUT2D eigenvalue weighted by Gasteiger charge is 2.09. The number of rotatable bonds is 3. The Balaban J connectivity index is 2.06. The summed E-state index contributed by atoms with van der Waals surface area (Å²) >= 11 is 3.27. The molecule has 0 aliphatic heterocycles. The lowest BCUT2D eigenvalue weighted by molar-refractivity contribution is 0.0949. The number of pyridine rings is 1. The number of amides is 1. The lowest BCUT2D eigenvalue weighted by atomic mass is 10.1. The summed E-state index contributed by atoms with van der Waals surface area (Å²) in [6.07, 6.45) is 1.64. The van der Waals surface area contributed by atoms with Crippen LogP contribution in [0.4, 0.5) is 0 Å². The van der Waals surface area contributed by atoms with Crippen LogP contribution >= 0.6 is 15.9 Å². The molecule has 0 fully saturated rings. The minimum atomic E-state index is -0.127. The van der Waals surface area contributed by atoms with E-state index in [1.165, 1.54) is 5.56 Å². The van der Waals surface area contributed by atoms with E-state index in [-0.39, 0.29) is 5.91 Å². The third kappa shape index (κ3) is 2.96. The van der Waals surface area contributed by atoms with Crippen LogP contribution in [-0.4, -0.2) is 10.9 Å². The molecular formula is C14H13BrN2O. The number of nitrogens with zero attached hydrogens (tertiary/aromatic N) is 1. The molecule has 2 rings (SSSR count). The third-order valence-corrected chi connectivity index (χ3v) is 3.34. The van der Waals surface area contributed by atoms with Crippen LogP contribution in [-0.2, 0) is 6.54 Å². The maximum Gasteiger partial charge on any atom is 0.254 e. The van der Waals surface area contributed by atoms with Crippen LogP contribution in [0, 0.1) is 6.92 Å². The first-order chi connectivity index (χ1) is 8.68. The number of nitrogens with one attached hydrogen (secondary N) is 1. The van der Waals surface area contributed by atoms with E-state index >= 15 is 0 Å². The first-order valence-electron chi connectivity index (χ1n) is 5.61. The van der Waals surface area contributed by atoms with Gasteiger partial charge in [-0.2, -0.15) is 0 Å². The third-order valence-electron chi connectivity index (χ3n) is 2.70. The van der Waals surface area contributed by atoms with E-state index in [1.807, 2.05) is 31.2 Å². The van der Waals surface area contributed by atoms with Crippen LogP contribution in [0.1, 0.15) is 21.5 Å². The fraction of sp³-hybridized carbons (Fsp3) is 0.143. The maximum atomic E-state index is 12.0. The van der Waals surface area contributed by atoms with Gasteiger partial charge in [0.25, 0.3) is 5.91 Å². The number of carbonyl (C=O) groups is 1. The van der Waals surface area contributed by atoms with E-state index in [0.717, 1.165) is 5.56 Å². The maximum absolute atomic E-state index is 12.0. The Morgan fingerprint density at radius 3 is 2.78 bits per heavy atom. The van der Waals surface area contributed by atoms with Gasteiger partial charge in [-0.25, -0.2) is 4.98 Å². The largest absolute Gasteiger partial charge is 0.348 e. The summed E-state index contributed by atoms with van der Waals surface area (Å²) in [5.74, 6) is -0.127. The monoisotopic (exact) mass is 304 g/mol. The van der Waals surface area contributed by atoms with Gasteiger partial charge in [-0.1, -0.05) is 24.3 Å². The van der Waals surface area contributed by atoms with Crippen molar-refractivity contribution in [2.24, 2.45) is 0 Å². The molecule has 0 unspecified atom stereocenters. The Hall–Kier alpha value is -1.68. The molecule has 0 saturated carbocycles. The Labute approximate surface area is 114 Å². The van der Waals surface area contributed by atoms with Gasteiger partial charge in [0.1, 0.15) is 4.60 Å². The minimum Gasteiger partial charge on any atom is -0.348 e. The second-order valence-electron chi connectivity index (χ2n) is 3.95. The molecule has 0 spiro atoms. The zero-order valence-electron chi connectivity index (χ0n) is 9.98. The summed E-state index contributed by atoms with van der Waals surface area (Å²) in [6.45, 7) is 2.55. The second-order valence-corrected chi connectivity index (χ2v) is 4.70. The van der Waals surface area contributed by atoms with Crippen molar-refractivity contribution >= 4 is 21.8 Å². The number of carbonyl (C=O) groups excluding carboxylic acids is 1. The fourth-order valence-corrected chi connectivity index (χ4v) is 2.07. The van der Waals surface area contributed by atoms with Crippen LogP contribution in [0.2, 0.25) is 0 Å². The van der Waals surface area contributed by atoms with E-state index in [2.05, 4.69) is 26.2 Å². The Morgan fingerprint density at radius 2 is 2.06 bits per heavy atom. The number of halogens is 1. The number of aromatic nitrogens is 1. The highest BCUT2D eigenvalue weighted by Crippen LogP contribution is 2.13. The Kier molecular flexibility index (Phi) is 4.10. The minimum absolute atomic E-state index is 0.127. The summed E-state index contributed by atoms with van der Waals surface area (Å²) < 4.78 is 0.562. The van der Waals surface area contributed by atoms with Crippen molar-refractivity contribution in [3.63, 3.8) is 0 Å². The van der Waals surface area contributed by atoms with E-state index in [9.17, 15) is 4.79 Å². The molecule has 1 heterocycles. The average Bonchev–Trinajstić information content (AvgIpc) is 2.38. The number of aryl methyl sites for hydroxylation is 1. The van der Waals surface area contributed by atoms with Crippen molar-refractivity contribution in [1.82, 2.24) is 10.3 Å². The van der Waals surface area contributed by atoms with Crippen molar-refractivity contribution in [1.29, 1.82) is 0 Å². The van der Waals surface area contributed by atoms with E-state index in [0.29, 0.717) is 16.7 Å². The summed E-state index contributed by atoms with van der Waals surface area (Å²) in [6, 6.07) is 11.5. The molecule has 2 aromatic rings. The lowest BCUT2D eigenvalue weighted by Gasteiger charge is -2.08. The summed E-state index contributed by atoms with van der Waals surface area (Å²) in [7, 11) is 0. The molecule has 92 valence electrons. The van der Waals surface area contributed by atoms with Gasteiger partial charge >= 0.3 is 0 Å². The van der Waals surface area contributed by atoms with Crippen molar-refractivity contribution in [3.8, 4) is 0 Å². The molecule has 0 atom stereocenters. The molecule has 0 radical (unpaired) electrons. The van der Waals surface area contributed by atoms with Gasteiger partial charge in [-0.05, 0) is 46.1 Å². The smallest absolute Gasteiger partial charge is 0.254 e. The molecule has 0 aliphatic rings. The SMILES string of the molecule is Cc1ccccc1CNC(=O)c1cccnc1Br. The summed E-state index contributed by atoms with van der Waals surface area (Å²) in [5, 5.41) is 2.89. The van der Waals surface area contributed by atoms with Gasteiger partial charge in [0.2, 0.25) is 0 Å². The second kappa shape index (κ2) is 5.78. The van der Waals surface area contributed by atoms with Crippen LogP contribution in [0.25, 0.3) is 0 Å². The molecule has 1 aromatic carbocycles. The lowest BCUT2D eigenvalue weighted by Crippen LogP contribution is -2.23. The van der Waals surface area contributed by atoms with Gasteiger partial charge in [0.15, 0.2) is 0 Å². The average molecular weight is 305 g/mol. The van der Waals surface area contributed by atoms with Gasteiger partial charge in [0, 0.05) is 12.7 Å². The van der Waals surface area contributed by atoms with E-state index in [4.69, 9.17) is 0 Å². The standard InChI is InChI=1S/C14H13BrN2O/c1-10-5-2-3-6-11(10)9-17-14(18)12-7-4-8-16-13(12)15/h2-8H,9H2,1H3,(H,17,18). The Morgan fingerprint density at radius 1 is 1.28 bits per heavy atom. The number of hydrogen-bond acceptors (Lipinski definition) is 2. The van der Waals surface area contributed by atoms with Crippen molar-refractivity contribution < 1.29 is 4.79 Å². The number of hydrogen-bond donors (Lipinski definition) is 1. The quantitative estimate of drug-likeness (QED) is 0.886. The molecule has 1 amide bonds. The van der Waals surface area contributed by atoms with Gasteiger partial charge in [0.05, 0.1) is 5.56 Å². The molecule has 0 aliphatic carbocycles. The highest BCUT2D eigenvalue weighted by atomic mass is 79.9. The number of benzene rings is 1. The molecule has 4 heteroatoms. The molecule has 0 saturated heterocycles. The van der Waals surface area contributed by atoms with Gasteiger partial charge in [-0.3, -0.25) is 4.79 Å². The molecular weight excluding hydrogens is 292 g/mol. The predicted molar refractivity (Wildman–Crippen MR) is 74.3 cm³/mol. The van der Waals surface area contributed by atoms with Crippen molar-refractivity contribution in [3.05, 3.63) is 63.9 Å². The van der Waals surface area contributed by atoms with Crippen LogP contribution < -0.4 is 5.32 Å². The fourth-order valence-electron chi connectivity index (χ4n) is 1.63. The molecule has 18 heavy (non-hydrogen) atoms. The summed E-state index contributed by atoms with van der Waals surface area (Å²) in [5.41, 5.74) is 2.83. The van der Waals surface area contributed by atoms with Crippen molar-refractivity contribution in [2.45, 2.75) is 13.5 Å². The normalized spacial score (nSPS) is 10.1. The van der Waals surface area contributed by atoms with Gasteiger partial charge in [-0.15, -0.1) is 0 Å². The predicted octanol–water partition coefficient (Wildman–Crippen LogP) is 3.08. The first-order valence-corrected chi connectivity index (χ1v) is 6.41. The van der Waals surface area contributed by atoms with E-state index < -0.39 is 0 Å². The topological polar surface area (TPSA) is 42.0 Å².